The Kier molecular flexibility index (Phi) is 7.47. The van der Waals surface area contributed by atoms with E-state index >= 15 is 0 Å². The minimum Gasteiger partial charge on any atom is -0.348 e. The normalized spacial score (nSPS) is 14.9. The van der Waals surface area contributed by atoms with Gasteiger partial charge in [0.05, 0.1) is 5.69 Å². The van der Waals surface area contributed by atoms with Gasteiger partial charge in [-0.05, 0) is 54.6 Å². The van der Waals surface area contributed by atoms with Gasteiger partial charge < -0.3 is 14.6 Å². The van der Waals surface area contributed by atoms with Crippen LogP contribution in [0.15, 0.2) is 84.0 Å². The quantitative estimate of drug-likeness (QED) is 0.377. The summed E-state index contributed by atoms with van der Waals surface area (Å²) in [5, 5.41) is 3.07. The van der Waals surface area contributed by atoms with Crippen molar-refractivity contribution in [2.24, 2.45) is 0 Å². The van der Waals surface area contributed by atoms with Crippen LogP contribution in [0.1, 0.15) is 27.2 Å². The molecule has 2 aromatic heterocycles. The number of aromatic nitrogens is 2. The number of pyridine rings is 1. The van der Waals surface area contributed by atoms with E-state index in [2.05, 4.69) is 57.6 Å². The third-order valence-corrected chi connectivity index (χ3v) is 7.41. The van der Waals surface area contributed by atoms with E-state index in [-0.39, 0.29) is 5.91 Å². The minimum atomic E-state index is -0.0497. The average molecular weight is 486 g/mol. The van der Waals surface area contributed by atoms with E-state index in [0.717, 1.165) is 60.3 Å². The molecule has 5 rings (SSSR count). The fourth-order valence-electron chi connectivity index (χ4n) is 4.30. The standard InChI is InChI=1S/C28H31N5OS/c1-31-13-15-32(16-14-31)19-23-6-4-5-22(17-23)18-29-28(34)24-8-10-26(11-9-24)35-21-25-20-33-12-3-2-7-27(33)30-25/h2-12,17,20H,13-16,18-19,21H2,1H3,(H,29,34). The summed E-state index contributed by atoms with van der Waals surface area (Å²) in [7, 11) is 2.18. The lowest BCUT2D eigenvalue weighted by Gasteiger charge is -2.32. The Morgan fingerprint density at radius 1 is 0.971 bits per heavy atom. The van der Waals surface area contributed by atoms with E-state index in [1.807, 2.05) is 53.1 Å². The Morgan fingerprint density at radius 3 is 2.57 bits per heavy atom. The second-order valence-corrected chi connectivity index (χ2v) is 10.1. The number of fused-ring (bicyclic) bond motifs is 1. The first kappa shape index (κ1) is 23.6. The van der Waals surface area contributed by atoms with Crippen molar-refractivity contribution >= 4 is 23.3 Å². The number of hydrogen-bond donors (Lipinski definition) is 1. The van der Waals surface area contributed by atoms with Crippen molar-refractivity contribution in [2.45, 2.75) is 23.7 Å². The van der Waals surface area contributed by atoms with E-state index in [1.54, 1.807) is 11.8 Å². The largest absolute Gasteiger partial charge is 0.348 e. The van der Waals surface area contributed by atoms with E-state index < -0.39 is 0 Å². The molecule has 0 aliphatic carbocycles. The Bertz CT molecular complexity index is 1250. The van der Waals surface area contributed by atoms with Gasteiger partial charge in [-0.15, -0.1) is 11.8 Å². The summed E-state index contributed by atoms with van der Waals surface area (Å²) in [5.74, 6) is 0.740. The number of imidazole rings is 1. The zero-order chi connectivity index (χ0) is 24.0. The predicted octanol–water partition coefficient (Wildman–Crippen LogP) is 4.30. The monoisotopic (exact) mass is 485 g/mol. The predicted molar refractivity (Wildman–Crippen MR) is 142 cm³/mol. The third kappa shape index (κ3) is 6.31. The molecular weight excluding hydrogens is 454 g/mol. The molecule has 0 spiro atoms. The van der Waals surface area contributed by atoms with Crippen LogP contribution in [0, 0.1) is 0 Å². The summed E-state index contributed by atoms with van der Waals surface area (Å²) in [4.78, 5) is 23.3. The van der Waals surface area contributed by atoms with Gasteiger partial charge in [0.15, 0.2) is 0 Å². The molecule has 1 amide bonds. The van der Waals surface area contributed by atoms with Crippen molar-refractivity contribution < 1.29 is 4.79 Å². The fraction of sp³-hybridized carbons (Fsp3) is 0.286. The van der Waals surface area contributed by atoms with Gasteiger partial charge in [-0.3, -0.25) is 9.69 Å². The zero-order valence-corrected chi connectivity index (χ0v) is 20.9. The lowest BCUT2D eigenvalue weighted by molar-refractivity contribution is 0.0951. The highest BCUT2D eigenvalue weighted by atomic mass is 32.2. The first-order valence-electron chi connectivity index (χ1n) is 12.0. The molecule has 1 fully saturated rings. The number of hydrogen-bond acceptors (Lipinski definition) is 5. The summed E-state index contributed by atoms with van der Waals surface area (Å²) >= 11 is 1.72. The van der Waals surface area contributed by atoms with Crippen molar-refractivity contribution in [2.75, 3.05) is 33.2 Å². The molecule has 0 atom stereocenters. The minimum absolute atomic E-state index is 0.0497. The molecule has 0 saturated carbocycles. The number of piperazine rings is 1. The molecular formula is C28H31N5OS. The van der Waals surface area contributed by atoms with Crippen LogP contribution in [0.25, 0.3) is 5.65 Å². The summed E-state index contributed by atoms with van der Waals surface area (Å²) in [6.07, 6.45) is 4.07. The molecule has 35 heavy (non-hydrogen) atoms. The van der Waals surface area contributed by atoms with Gasteiger partial charge in [-0.2, -0.15) is 0 Å². The van der Waals surface area contributed by atoms with Gasteiger partial charge in [0, 0.05) is 67.9 Å². The topological polar surface area (TPSA) is 52.9 Å². The van der Waals surface area contributed by atoms with Crippen molar-refractivity contribution in [3.05, 3.63) is 102 Å². The van der Waals surface area contributed by atoms with Crippen LogP contribution in [-0.2, 0) is 18.8 Å². The number of amides is 1. The molecule has 3 heterocycles. The first-order valence-corrected chi connectivity index (χ1v) is 13.0. The molecule has 1 saturated heterocycles. The summed E-state index contributed by atoms with van der Waals surface area (Å²) in [6, 6.07) is 22.3. The van der Waals surface area contributed by atoms with E-state index in [9.17, 15) is 4.79 Å². The first-order chi connectivity index (χ1) is 17.1. The maximum absolute atomic E-state index is 12.7. The molecule has 180 valence electrons. The van der Waals surface area contributed by atoms with Gasteiger partial charge in [-0.25, -0.2) is 4.98 Å². The van der Waals surface area contributed by atoms with Gasteiger partial charge in [0.1, 0.15) is 5.65 Å². The van der Waals surface area contributed by atoms with Crippen molar-refractivity contribution in [1.82, 2.24) is 24.5 Å². The number of likely N-dealkylation sites (N-methyl/N-ethyl adjacent to an activating group) is 1. The van der Waals surface area contributed by atoms with Crippen molar-refractivity contribution in [1.29, 1.82) is 0 Å². The molecule has 2 aromatic carbocycles. The van der Waals surface area contributed by atoms with E-state index in [4.69, 9.17) is 0 Å². The Balaban J connectivity index is 1.11. The second-order valence-electron chi connectivity index (χ2n) is 9.09. The number of rotatable bonds is 8. The molecule has 1 aliphatic heterocycles. The van der Waals surface area contributed by atoms with Crippen LogP contribution in [0.3, 0.4) is 0 Å². The van der Waals surface area contributed by atoms with Crippen LogP contribution >= 0.6 is 11.8 Å². The number of carbonyl (C=O) groups is 1. The smallest absolute Gasteiger partial charge is 0.251 e. The van der Waals surface area contributed by atoms with E-state index in [0.29, 0.717) is 12.1 Å². The second kappa shape index (κ2) is 11.1. The SMILES string of the molecule is CN1CCN(Cc2cccc(CNC(=O)c3ccc(SCc4cn5ccccc5n4)cc3)c2)CC1. The lowest BCUT2D eigenvalue weighted by Crippen LogP contribution is -2.43. The highest BCUT2D eigenvalue weighted by molar-refractivity contribution is 7.98. The maximum Gasteiger partial charge on any atom is 0.251 e. The van der Waals surface area contributed by atoms with Crippen molar-refractivity contribution in [3.63, 3.8) is 0 Å². The number of benzene rings is 2. The Labute approximate surface area is 211 Å². The van der Waals surface area contributed by atoms with Crippen LogP contribution in [0.4, 0.5) is 0 Å². The molecule has 6 nitrogen and oxygen atoms in total. The number of thioether (sulfide) groups is 1. The average Bonchev–Trinajstić information content (AvgIpc) is 3.31. The van der Waals surface area contributed by atoms with Crippen LogP contribution < -0.4 is 5.32 Å². The molecule has 1 N–H and O–H groups in total. The zero-order valence-electron chi connectivity index (χ0n) is 20.1. The fourth-order valence-corrected chi connectivity index (χ4v) is 5.09. The number of nitrogens with one attached hydrogen (secondary N) is 1. The third-order valence-electron chi connectivity index (χ3n) is 6.36. The summed E-state index contributed by atoms with van der Waals surface area (Å²) in [6.45, 7) is 5.93. The Hall–Kier alpha value is -3.13. The molecule has 7 heteroatoms. The Morgan fingerprint density at radius 2 is 1.77 bits per heavy atom. The molecule has 0 radical (unpaired) electrons. The maximum atomic E-state index is 12.7. The van der Waals surface area contributed by atoms with Gasteiger partial charge in [-0.1, -0.05) is 30.3 Å². The van der Waals surface area contributed by atoms with Gasteiger partial charge >= 0.3 is 0 Å². The van der Waals surface area contributed by atoms with E-state index in [1.165, 1.54) is 5.56 Å². The number of nitrogens with zero attached hydrogens (tertiary/aromatic N) is 4. The van der Waals surface area contributed by atoms with Crippen LogP contribution in [0.2, 0.25) is 0 Å². The van der Waals surface area contributed by atoms with Crippen LogP contribution in [0.5, 0.6) is 0 Å². The summed E-state index contributed by atoms with van der Waals surface area (Å²) < 4.78 is 2.03. The molecule has 4 aromatic rings. The lowest BCUT2D eigenvalue weighted by atomic mass is 10.1. The molecule has 0 unspecified atom stereocenters. The summed E-state index contributed by atoms with van der Waals surface area (Å²) in [5.41, 5.74) is 5.10. The van der Waals surface area contributed by atoms with Crippen molar-refractivity contribution in [3.8, 4) is 0 Å². The van der Waals surface area contributed by atoms with Gasteiger partial charge in [0.25, 0.3) is 5.91 Å². The molecule has 1 aliphatic rings. The highest BCUT2D eigenvalue weighted by Gasteiger charge is 2.14. The number of carbonyl (C=O) groups excluding carboxylic acids is 1. The molecule has 0 bridgehead atoms. The van der Waals surface area contributed by atoms with Crippen LogP contribution in [-0.4, -0.2) is 58.3 Å². The highest BCUT2D eigenvalue weighted by Crippen LogP contribution is 2.23. The van der Waals surface area contributed by atoms with Gasteiger partial charge in [0.2, 0.25) is 0 Å².